The topological polar surface area (TPSA) is 87.9 Å². The SMILES string of the molecule is Cc1noc(C)c1COc1cccc(C(=O)N2CCN(CC(=O)Nc3cccc(F)c3)CC2)c1. The summed E-state index contributed by atoms with van der Waals surface area (Å²) in [5.41, 5.74) is 2.66. The molecule has 0 atom stereocenters. The van der Waals surface area contributed by atoms with Gasteiger partial charge in [0, 0.05) is 37.4 Å². The lowest BCUT2D eigenvalue weighted by molar-refractivity contribution is -0.117. The van der Waals surface area contributed by atoms with Crippen LogP contribution in [0.25, 0.3) is 0 Å². The number of piperazine rings is 1. The second-order valence-corrected chi connectivity index (χ2v) is 8.25. The highest BCUT2D eigenvalue weighted by Crippen LogP contribution is 2.20. The number of aryl methyl sites for hydroxylation is 2. The minimum atomic E-state index is -0.400. The fourth-order valence-electron chi connectivity index (χ4n) is 3.84. The molecular weight excluding hydrogens is 439 g/mol. The number of amides is 2. The average Bonchev–Trinajstić information content (AvgIpc) is 3.15. The molecule has 2 heterocycles. The number of ether oxygens (including phenoxy) is 1. The Morgan fingerprint density at radius 2 is 1.85 bits per heavy atom. The van der Waals surface area contributed by atoms with E-state index in [4.69, 9.17) is 9.26 Å². The van der Waals surface area contributed by atoms with Gasteiger partial charge in [0.2, 0.25) is 5.91 Å². The molecule has 4 rings (SSSR count). The second kappa shape index (κ2) is 10.5. The van der Waals surface area contributed by atoms with Gasteiger partial charge in [0.25, 0.3) is 5.91 Å². The molecule has 1 N–H and O–H groups in total. The van der Waals surface area contributed by atoms with Crippen molar-refractivity contribution >= 4 is 17.5 Å². The van der Waals surface area contributed by atoms with Crippen molar-refractivity contribution in [2.24, 2.45) is 0 Å². The van der Waals surface area contributed by atoms with E-state index in [1.165, 1.54) is 12.1 Å². The number of nitrogens with one attached hydrogen (secondary N) is 1. The lowest BCUT2D eigenvalue weighted by Gasteiger charge is -2.34. The van der Waals surface area contributed by atoms with Crippen molar-refractivity contribution in [2.75, 3.05) is 38.0 Å². The Balaban J connectivity index is 1.27. The van der Waals surface area contributed by atoms with Crippen molar-refractivity contribution in [3.63, 3.8) is 0 Å². The highest BCUT2D eigenvalue weighted by molar-refractivity contribution is 5.95. The molecule has 1 fully saturated rings. The number of benzene rings is 2. The van der Waals surface area contributed by atoms with Gasteiger partial charge in [-0.25, -0.2) is 4.39 Å². The molecule has 2 aromatic carbocycles. The predicted octanol–water partition coefficient (Wildman–Crippen LogP) is 3.41. The molecule has 0 saturated carbocycles. The zero-order valence-corrected chi connectivity index (χ0v) is 19.2. The number of nitrogens with zero attached hydrogens (tertiary/aromatic N) is 3. The molecule has 1 aliphatic rings. The summed E-state index contributed by atoms with van der Waals surface area (Å²) in [6.07, 6.45) is 0. The van der Waals surface area contributed by atoms with Gasteiger partial charge in [-0.1, -0.05) is 17.3 Å². The Bertz CT molecular complexity index is 1150. The predicted molar refractivity (Wildman–Crippen MR) is 124 cm³/mol. The number of aromatic nitrogens is 1. The van der Waals surface area contributed by atoms with Crippen LogP contribution in [0, 0.1) is 19.7 Å². The molecule has 3 aromatic rings. The number of hydrogen-bond donors (Lipinski definition) is 1. The fourth-order valence-corrected chi connectivity index (χ4v) is 3.84. The van der Waals surface area contributed by atoms with E-state index in [2.05, 4.69) is 10.5 Å². The van der Waals surface area contributed by atoms with Crippen LogP contribution >= 0.6 is 0 Å². The molecular formula is C25H27FN4O4. The fraction of sp³-hybridized carbons (Fsp3) is 0.320. The van der Waals surface area contributed by atoms with E-state index >= 15 is 0 Å². The zero-order valence-electron chi connectivity index (χ0n) is 19.2. The van der Waals surface area contributed by atoms with Crippen molar-refractivity contribution in [2.45, 2.75) is 20.5 Å². The third-order valence-electron chi connectivity index (χ3n) is 5.78. The molecule has 1 aromatic heterocycles. The molecule has 0 radical (unpaired) electrons. The molecule has 1 aliphatic heterocycles. The molecule has 1 saturated heterocycles. The quantitative estimate of drug-likeness (QED) is 0.574. The van der Waals surface area contributed by atoms with Crippen molar-refractivity contribution < 1.29 is 23.2 Å². The molecule has 8 nitrogen and oxygen atoms in total. The summed E-state index contributed by atoms with van der Waals surface area (Å²) in [5, 5.41) is 6.62. The first kappa shape index (κ1) is 23.4. The van der Waals surface area contributed by atoms with Crippen LogP contribution in [0.15, 0.2) is 53.1 Å². The lowest BCUT2D eigenvalue weighted by atomic mass is 10.1. The smallest absolute Gasteiger partial charge is 0.254 e. The van der Waals surface area contributed by atoms with Gasteiger partial charge in [-0.15, -0.1) is 0 Å². The van der Waals surface area contributed by atoms with Gasteiger partial charge in [0.1, 0.15) is 23.9 Å². The number of rotatable bonds is 7. The lowest BCUT2D eigenvalue weighted by Crippen LogP contribution is -2.50. The van der Waals surface area contributed by atoms with Crippen LogP contribution in [0.1, 0.15) is 27.4 Å². The van der Waals surface area contributed by atoms with Crippen molar-refractivity contribution in [1.82, 2.24) is 15.0 Å². The van der Waals surface area contributed by atoms with Crippen molar-refractivity contribution in [1.29, 1.82) is 0 Å². The highest BCUT2D eigenvalue weighted by atomic mass is 19.1. The number of anilines is 1. The molecule has 178 valence electrons. The number of carbonyl (C=O) groups is 2. The van der Waals surface area contributed by atoms with Crippen LogP contribution in [0.4, 0.5) is 10.1 Å². The summed E-state index contributed by atoms with van der Waals surface area (Å²) < 4.78 is 24.3. The third kappa shape index (κ3) is 5.79. The summed E-state index contributed by atoms with van der Waals surface area (Å²) in [6, 6.07) is 12.9. The minimum absolute atomic E-state index is 0.0772. The van der Waals surface area contributed by atoms with Gasteiger partial charge >= 0.3 is 0 Å². The monoisotopic (exact) mass is 466 g/mol. The number of carbonyl (C=O) groups excluding carboxylic acids is 2. The van der Waals surface area contributed by atoms with E-state index in [1.54, 1.807) is 35.2 Å². The summed E-state index contributed by atoms with van der Waals surface area (Å²) >= 11 is 0. The van der Waals surface area contributed by atoms with Crippen LogP contribution in [0.3, 0.4) is 0 Å². The Hall–Kier alpha value is -3.72. The van der Waals surface area contributed by atoms with Gasteiger partial charge < -0.3 is 19.5 Å². The number of hydrogen-bond acceptors (Lipinski definition) is 6. The summed E-state index contributed by atoms with van der Waals surface area (Å²) in [7, 11) is 0. The Morgan fingerprint density at radius 1 is 1.09 bits per heavy atom. The molecule has 2 amide bonds. The van der Waals surface area contributed by atoms with Crippen molar-refractivity contribution in [3.05, 3.63) is 76.9 Å². The van der Waals surface area contributed by atoms with E-state index in [0.717, 1.165) is 11.3 Å². The molecule has 0 bridgehead atoms. The third-order valence-corrected chi connectivity index (χ3v) is 5.78. The first-order chi connectivity index (χ1) is 16.4. The Kier molecular flexibility index (Phi) is 7.22. The standard InChI is InChI=1S/C25H27FN4O4/c1-17-23(18(2)34-28-17)16-33-22-8-3-5-19(13-22)25(32)30-11-9-29(10-12-30)15-24(31)27-21-7-4-6-20(26)14-21/h3-8,13-14H,9-12,15-16H2,1-2H3,(H,27,31). The molecule has 0 spiro atoms. The second-order valence-electron chi connectivity index (χ2n) is 8.25. The van der Waals surface area contributed by atoms with E-state index < -0.39 is 5.82 Å². The first-order valence-corrected chi connectivity index (χ1v) is 11.1. The normalized spacial score (nSPS) is 14.1. The van der Waals surface area contributed by atoms with Crippen LogP contribution in [0.5, 0.6) is 5.75 Å². The minimum Gasteiger partial charge on any atom is -0.489 e. The zero-order chi connectivity index (χ0) is 24.1. The maximum atomic E-state index is 13.3. The van der Waals surface area contributed by atoms with Crippen LogP contribution in [-0.2, 0) is 11.4 Å². The Labute approximate surface area is 197 Å². The largest absolute Gasteiger partial charge is 0.489 e. The first-order valence-electron chi connectivity index (χ1n) is 11.1. The van der Waals surface area contributed by atoms with Gasteiger partial charge in [-0.05, 0) is 50.2 Å². The number of halogens is 1. The highest BCUT2D eigenvalue weighted by Gasteiger charge is 2.23. The molecule has 34 heavy (non-hydrogen) atoms. The van der Waals surface area contributed by atoms with E-state index in [9.17, 15) is 14.0 Å². The summed E-state index contributed by atoms with van der Waals surface area (Å²) in [4.78, 5) is 29.0. The van der Waals surface area contributed by atoms with E-state index in [-0.39, 0.29) is 18.4 Å². The maximum Gasteiger partial charge on any atom is 0.254 e. The summed E-state index contributed by atoms with van der Waals surface area (Å²) in [5.74, 6) is 0.619. The van der Waals surface area contributed by atoms with E-state index in [1.807, 2.05) is 24.8 Å². The van der Waals surface area contributed by atoms with Crippen LogP contribution in [-0.4, -0.2) is 59.5 Å². The molecule has 0 unspecified atom stereocenters. The van der Waals surface area contributed by atoms with Gasteiger partial charge in [0.05, 0.1) is 17.8 Å². The van der Waals surface area contributed by atoms with Gasteiger partial charge in [-0.2, -0.15) is 0 Å². The summed E-state index contributed by atoms with van der Waals surface area (Å²) in [6.45, 7) is 6.36. The van der Waals surface area contributed by atoms with Crippen molar-refractivity contribution in [3.8, 4) is 5.75 Å². The average molecular weight is 467 g/mol. The maximum absolute atomic E-state index is 13.3. The Morgan fingerprint density at radius 3 is 2.56 bits per heavy atom. The van der Waals surface area contributed by atoms with Gasteiger partial charge in [0.15, 0.2) is 0 Å². The van der Waals surface area contributed by atoms with Gasteiger partial charge in [-0.3, -0.25) is 14.5 Å². The van der Waals surface area contributed by atoms with Crippen LogP contribution < -0.4 is 10.1 Å². The van der Waals surface area contributed by atoms with E-state index in [0.29, 0.717) is 55.5 Å². The van der Waals surface area contributed by atoms with Crippen LogP contribution in [0.2, 0.25) is 0 Å². The molecule has 9 heteroatoms. The molecule has 0 aliphatic carbocycles.